The van der Waals surface area contributed by atoms with E-state index in [0.29, 0.717) is 5.82 Å². The lowest BCUT2D eigenvalue weighted by atomic mass is 10.1. The van der Waals surface area contributed by atoms with Crippen LogP contribution >= 0.6 is 0 Å². The number of hydrogen-bond acceptors (Lipinski definition) is 4. The van der Waals surface area contributed by atoms with E-state index in [0.717, 1.165) is 28.3 Å². The van der Waals surface area contributed by atoms with E-state index in [1.807, 2.05) is 45.0 Å². The molecule has 2 aromatic carbocycles. The van der Waals surface area contributed by atoms with Gasteiger partial charge >= 0.3 is 0 Å². The minimum atomic E-state index is -0.413. The Morgan fingerprint density at radius 1 is 1.04 bits per heavy atom. The summed E-state index contributed by atoms with van der Waals surface area (Å²) in [4.78, 5) is 18.2. The van der Waals surface area contributed by atoms with Gasteiger partial charge in [-0.3, -0.25) is 10.1 Å². The second-order valence-electron chi connectivity index (χ2n) is 6.05. The molecule has 0 saturated carbocycles. The van der Waals surface area contributed by atoms with Crippen molar-refractivity contribution in [1.29, 1.82) is 0 Å². The molecule has 0 unspecified atom stereocenters. The third-order valence-electron chi connectivity index (χ3n) is 3.74. The molecule has 0 aliphatic carbocycles. The first-order valence-electron chi connectivity index (χ1n) is 8.02. The first-order valence-corrected chi connectivity index (χ1v) is 8.02. The number of non-ortho nitro benzene ring substituents is 1. The number of aromatic nitrogens is 2. The second kappa shape index (κ2) is 6.76. The van der Waals surface area contributed by atoms with Crippen molar-refractivity contribution in [2.24, 2.45) is 0 Å². The van der Waals surface area contributed by atoms with Crippen LogP contribution in [0.3, 0.4) is 0 Å². The Bertz CT molecular complexity index is 881. The van der Waals surface area contributed by atoms with Crippen LogP contribution in [0, 0.1) is 17.0 Å². The van der Waals surface area contributed by atoms with Crippen molar-refractivity contribution in [2.75, 3.05) is 0 Å². The van der Waals surface area contributed by atoms with Gasteiger partial charge in [0.2, 0.25) is 0 Å². The zero-order chi connectivity index (χ0) is 18.0. The normalized spacial score (nSPS) is 10.9. The van der Waals surface area contributed by atoms with Gasteiger partial charge in [0.05, 0.1) is 16.7 Å². The van der Waals surface area contributed by atoms with Crippen molar-refractivity contribution >= 4 is 5.69 Å². The molecule has 6 nitrogen and oxygen atoms in total. The number of aryl methyl sites for hydroxylation is 1. The molecular weight excluding hydrogens is 318 g/mol. The van der Waals surface area contributed by atoms with Crippen molar-refractivity contribution in [3.05, 3.63) is 64.3 Å². The monoisotopic (exact) mass is 337 g/mol. The smallest absolute Gasteiger partial charge is 0.269 e. The molecule has 0 atom stereocenters. The number of nitro groups is 1. The van der Waals surface area contributed by atoms with Crippen LogP contribution < -0.4 is 4.74 Å². The fourth-order valence-corrected chi connectivity index (χ4v) is 2.58. The van der Waals surface area contributed by atoms with Crippen LogP contribution in [-0.4, -0.2) is 21.0 Å². The van der Waals surface area contributed by atoms with Crippen LogP contribution in [0.5, 0.6) is 5.75 Å². The number of ether oxygens (including phenoxy) is 1. The molecule has 1 heterocycles. The highest BCUT2D eigenvalue weighted by molar-refractivity contribution is 5.68. The van der Waals surface area contributed by atoms with E-state index in [-0.39, 0.29) is 11.8 Å². The Morgan fingerprint density at radius 3 is 2.20 bits per heavy atom. The van der Waals surface area contributed by atoms with E-state index in [9.17, 15) is 10.1 Å². The standard InChI is InChI=1S/C19H19N3O3/c1-12(2)25-17-10-6-14(7-11-17)18-13(3)20-19(21-18)15-4-8-16(9-5-15)22(23)24/h4-12H,1-3H3,(H,20,21). The van der Waals surface area contributed by atoms with E-state index < -0.39 is 4.92 Å². The largest absolute Gasteiger partial charge is 0.491 e. The predicted octanol–water partition coefficient (Wildman–Crippen LogP) is 4.75. The van der Waals surface area contributed by atoms with Gasteiger partial charge in [-0.2, -0.15) is 0 Å². The average Bonchev–Trinajstić information content (AvgIpc) is 2.97. The lowest BCUT2D eigenvalue weighted by Gasteiger charge is -2.09. The van der Waals surface area contributed by atoms with Crippen LogP contribution in [0.25, 0.3) is 22.6 Å². The minimum Gasteiger partial charge on any atom is -0.491 e. The van der Waals surface area contributed by atoms with Crippen molar-refractivity contribution in [2.45, 2.75) is 26.9 Å². The van der Waals surface area contributed by atoms with Gasteiger partial charge in [0.15, 0.2) is 0 Å². The maximum Gasteiger partial charge on any atom is 0.269 e. The van der Waals surface area contributed by atoms with Crippen molar-refractivity contribution in [3.8, 4) is 28.4 Å². The van der Waals surface area contributed by atoms with Gasteiger partial charge in [-0.1, -0.05) is 0 Å². The fourth-order valence-electron chi connectivity index (χ4n) is 2.58. The maximum absolute atomic E-state index is 10.8. The lowest BCUT2D eigenvalue weighted by molar-refractivity contribution is -0.384. The Hall–Kier alpha value is -3.15. The van der Waals surface area contributed by atoms with E-state index in [1.54, 1.807) is 12.1 Å². The molecule has 0 saturated heterocycles. The highest BCUT2D eigenvalue weighted by Crippen LogP contribution is 2.28. The zero-order valence-electron chi connectivity index (χ0n) is 14.3. The first kappa shape index (κ1) is 16.7. The Balaban J connectivity index is 1.88. The summed E-state index contributed by atoms with van der Waals surface area (Å²) in [5.41, 5.74) is 3.64. The van der Waals surface area contributed by atoms with Gasteiger partial charge in [-0.15, -0.1) is 0 Å². The van der Waals surface area contributed by atoms with E-state index in [1.165, 1.54) is 12.1 Å². The third kappa shape index (κ3) is 3.68. The molecular formula is C19H19N3O3. The summed E-state index contributed by atoms with van der Waals surface area (Å²) >= 11 is 0. The van der Waals surface area contributed by atoms with E-state index in [2.05, 4.69) is 9.97 Å². The topological polar surface area (TPSA) is 81.0 Å². The maximum atomic E-state index is 10.8. The molecule has 0 amide bonds. The van der Waals surface area contributed by atoms with Gasteiger partial charge in [0.1, 0.15) is 11.6 Å². The highest BCUT2D eigenvalue weighted by atomic mass is 16.6. The molecule has 0 aliphatic rings. The van der Waals surface area contributed by atoms with Gasteiger partial charge < -0.3 is 9.72 Å². The number of nitrogens with zero attached hydrogens (tertiary/aromatic N) is 2. The molecule has 6 heteroatoms. The van der Waals surface area contributed by atoms with Crippen LogP contribution in [0.4, 0.5) is 5.69 Å². The summed E-state index contributed by atoms with van der Waals surface area (Å²) in [6.07, 6.45) is 0.131. The van der Waals surface area contributed by atoms with Crippen molar-refractivity contribution in [3.63, 3.8) is 0 Å². The molecule has 25 heavy (non-hydrogen) atoms. The Morgan fingerprint density at radius 2 is 1.64 bits per heavy atom. The highest BCUT2D eigenvalue weighted by Gasteiger charge is 2.12. The van der Waals surface area contributed by atoms with Gasteiger partial charge in [-0.25, -0.2) is 4.98 Å². The number of hydrogen-bond donors (Lipinski definition) is 1. The zero-order valence-corrected chi connectivity index (χ0v) is 14.3. The molecule has 3 aromatic rings. The molecule has 0 aliphatic heterocycles. The second-order valence-corrected chi connectivity index (χ2v) is 6.05. The number of nitrogens with one attached hydrogen (secondary N) is 1. The molecule has 1 aromatic heterocycles. The van der Waals surface area contributed by atoms with Crippen LogP contribution in [-0.2, 0) is 0 Å². The first-order chi connectivity index (χ1) is 11.9. The quantitative estimate of drug-likeness (QED) is 0.538. The minimum absolute atomic E-state index is 0.0630. The number of rotatable bonds is 5. The number of imidazole rings is 1. The third-order valence-corrected chi connectivity index (χ3v) is 3.74. The van der Waals surface area contributed by atoms with Crippen LogP contribution in [0.1, 0.15) is 19.5 Å². The van der Waals surface area contributed by atoms with Crippen LogP contribution in [0.15, 0.2) is 48.5 Å². The molecule has 0 radical (unpaired) electrons. The number of H-pyrrole nitrogens is 1. The van der Waals surface area contributed by atoms with Crippen molar-refractivity contribution < 1.29 is 9.66 Å². The van der Waals surface area contributed by atoms with Gasteiger partial charge in [0.25, 0.3) is 5.69 Å². The number of aromatic amines is 1. The van der Waals surface area contributed by atoms with Crippen LogP contribution in [0.2, 0.25) is 0 Å². The Labute approximate surface area is 145 Å². The van der Waals surface area contributed by atoms with E-state index >= 15 is 0 Å². The molecule has 0 bridgehead atoms. The fraction of sp³-hybridized carbons (Fsp3) is 0.211. The lowest BCUT2D eigenvalue weighted by Crippen LogP contribution is -2.05. The van der Waals surface area contributed by atoms with Gasteiger partial charge in [-0.05, 0) is 57.2 Å². The summed E-state index contributed by atoms with van der Waals surface area (Å²) in [7, 11) is 0. The molecule has 0 spiro atoms. The van der Waals surface area contributed by atoms with Gasteiger partial charge in [0, 0.05) is 29.0 Å². The molecule has 1 N–H and O–H groups in total. The Kier molecular flexibility index (Phi) is 4.52. The van der Waals surface area contributed by atoms with E-state index in [4.69, 9.17) is 4.74 Å². The average molecular weight is 337 g/mol. The number of benzene rings is 2. The predicted molar refractivity (Wildman–Crippen MR) is 96.6 cm³/mol. The summed E-state index contributed by atoms with van der Waals surface area (Å²) < 4.78 is 5.66. The summed E-state index contributed by atoms with van der Waals surface area (Å²) in [5.74, 6) is 1.51. The molecule has 0 fully saturated rings. The van der Waals surface area contributed by atoms with Crippen molar-refractivity contribution in [1.82, 2.24) is 9.97 Å². The summed E-state index contributed by atoms with van der Waals surface area (Å²) in [6, 6.07) is 14.1. The molecule has 128 valence electrons. The SMILES string of the molecule is Cc1[nH]c(-c2ccc([N+](=O)[O-])cc2)nc1-c1ccc(OC(C)C)cc1. The summed E-state index contributed by atoms with van der Waals surface area (Å²) in [5, 5.41) is 10.8. The summed E-state index contributed by atoms with van der Waals surface area (Å²) in [6.45, 7) is 5.93. The molecule has 3 rings (SSSR count). The number of nitro benzene ring substituents is 1.